The third-order valence-electron chi connectivity index (χ3n) is 4.49. The van der Waals surface area contributed by atoms with Crippen molar-refractivity contribution in [1.82, 2.24) is 0 Å². The first-order valence-electron chi connectivity index (χ1n) is 7.24. The van der Waals surface area contributed by atoms with Gasteiger partial charge in [-0.1, -0.05) is 18.2 Å². The van der Waals surface area contributed by atoms with Gasteiger partial charge in [-0.15, -0.1) is 0 Å². The standard InChI is InChI=1S/C17H20O2/c1-11(17(18)19)15-8-4-7-14-9-12-5-2-3-6-13(12)10-16(14)15/h8-11H,2-7H2,1H3,(H,18,19). The van der Waals surface area contributed by atoms with E-state index in [2.05, 4.69) is 18.2 Å². The van der Waals surface area contributed by atoms with Gasteiger partial charge in [0.25, 0.3) is 0 Å². The Kier molecular flexibility index (Phi) is 3.17. The van der Waals surface area contributed by atoms with Crippen molar-refractivity contribution in [2.24, 2.45) is 5.92 Å². The molecule has 2 aliphatic carbocycles. The highest BCUT2D eigenvalue weighted by atomic mass is 16.4. The molecule has 0 aliphatic heterocycles. The van der Waals surface area contributed by atoms with E-state index in [1.807, 2.05) is 0 Å². The van der Waals surface area contributed by atoms with Gasteiger partial charge in [-0.3, -0.25) is 4.79 Å². The Hall–Kier alpha value is -1.57. The molecule has 0 radical (unpaired) electrons. The molecule has 0 bridgehead atoms. The monoisotopic (exact) mass is 256 g/mol. The summed E-state index contributed by atoms with van der Waals surface area (Å²) in [6.45, 7) is 1.79. The van der Waals surface area contributed by atoms with Crippen molar-refractivity contribution >= 4 is 11.5 Å². The second-order valence-electron chi connectivity index (χ2n) is 5.74. The lowest BCUT2D eigenvalue weighted by Crippen LogP contribution is -2.16. The number of hydrogen-bond acceptors (Lipinski definition) is 1. The first-order valence-corrected chi connectivity index (χ1v) is 7.24. The predicted molar refractivity (Wildman–Crippen MR) is 76.2 cm³/mol. The van der Waals surface area contributed by atoms with Crippen LogP contribution in [0.4, 0.5) is 0 Å². The Balaban J connectivity index is 2.06. The lowest BCUT2D eigenvalue weighted by molar-refractivity contribution is -0.139. The van der Waals surface area contributed by atoms with Gasteiger partial charge < -0.3 is 5.11 Å². The molecule has 2 nitrogen and oxygen atoms in total. The molecular formula is C17H20O2. The highest BCUT2D eigenvalue weighted by molar-refractivity contribution is 5.88. The summed E-state index contributed by atoms with van der Waals surface area (Å²) in [6.07, 6.45) is 9.04. The van der Waals surface area contributed by atoms with Crippen molar-refractivity contribution in [2.75, 3.05) is 0 Å². The Morgan fingerprint density at radius 3 is 2.47 bits per heavy atom. The summed E-state index contributed by atoms with van der Waals surface area (Å²) in [6, 6.07) is 4.61. The number of fused-ring (bicyclic) bond motifs is 2. The van der Waals surface area contributed by atoms with Gasteiger partial charge in [0.1, 0.15) is 0 Å². The molecule has 1 aromatic rings. The second-order valence-corrected chi connectivity index (χ2v) is 5.74. The second kappa shape index (κ2) is 4.84. The van der Waals surface area contributed by atoms with E-state index in [9.17, 15) is 9.90 Å². The molecular weight excluding hydrogens is 236 g/mol. The number of carbonyl (C=O) groups is 1. The molecule has 0 saturated heterocycles. The van der Waals surface area contributed by atoms with Crippen LogP contribution in [-0.2, 0) is 24.1 Å². The van der Waals surface area contributed by atoms with Gasteiger partial charge in [0.15, 0.2) is 0 Å². The van der Waals surface area contributed by atoms with E-state index in [0.717, 1.165) is 24.8 Å². The average molecular weight is 256 g/mol. The number of aliphatic carboxylic acids is 1. The lowest BCUT2D eigenvalue weighted by atomic mass is 9.80. The van der Waals surface area contributed by atoms with Gasteiger partial charge in [0.05, 0.1) is 5.92 Å². The number of carboxylic acid groups (broad SMARTS) is 1. The lowest BCUT2D eigenvalue weighted by Gasteiger charge is -2.25. The van der Waals surface area contributed by atoms with Crippen LogP contribution in [0.25, 0.3) is 5.57 Å². The van der Waals surface area contributed by atoms with Gasteiger partial charge in [-0.2, -0.15) is 0 Å². The Morgan fingerprint density at radius 1 is 1.11 bits per heavy atom. The first-order chi connectivity index (χ1) is 9.16. The number of aryl methyl sites for hydroxylation is 3. The number of benzene rings is 1. The molecule has 3 rings (SSSR count). The topological polar surface area (TPSA) is 37.3 Å². The molecule has 0 amide bonds. The maximum atomic E-state index is 11.3. The molecule has 2 aliphatic rings. The molecule has 0 heterocycles. The quantitative estimate of drug-likeness (QED) is 0.877. The third kappa shape index (κ3) is 2.20. The van der Waals surface area contributed by atoms with Gasteiger partial charge in [0, 0.05) is 0 Å². The zero-order chi connectivity index (χ0) is 13.4. The number of rotatable bonds is 2. The van der Waals surface area contributed by atoms with Crippen LogP contribution < -0.4 is 0 Å². The largest absolute Gasteiger partial charge is 0.481 e. The van der Waals surface area contributed by atoms with Crippen LogP contribution >= 0.6 is 0 Å². The van der Waals surface area contributed by atoms with Gasteiger partial charge in [0.2, 0.25) is 0 Å². The highest BCUT2D eigenvalue weighted by Gasteiger charge is 2.24. The molecule has 100 valence electrons. The maximum absolute atomic E-state index is 11.3. The van der Waals surface area contributed by atoms with E-state index in [1.54, 1.807) is 6.92 Å². The normalized spacial score (nSPS) is 19.1. The minimum absolute atomic E-state index is 0.402. The molecule has 1 N–H and O–H groups in total. The minimum Gasteiger partial charge on any atom is -0.481 e. The van der Waals surface area contributed by atoms with E-state index < -0.39 is 11.9 Å². The van der Waals surface area contributed by atoms with E-state index in [1.165, 1.54) is 41.5 Å². The fourth-order valence-electron chi connectivity index (χ4n) is 3.35. The van der Waals surface area contributed by atoms with E-state index >= 15 is 0 Å². The molecule has 1 unspecified atom stereocenters. The molecule has 0 saturated carbocycles. The van der Waals surface area contributed by atoms with E-state index in [0.29, 0.717) is 0 Å². The van der Waals surface area contributed by atoms with Crippen molar-refractivity contribution in [3.63, 3.8) is 0 Å². The Bertz CT molecular complexity index is 555. The molecule has 2 heteroatoms. The Morgan fingerprint density at radius 2 is 1.79 bits per heavy atom. The summed E-state index contributed by atoms with van der Waals surface area (Å²) in [5, 5.41) is 9.26. The number of allylic oxidation sites excluding steroid dienone is 1. The summed E-state index contributed by atoms with van der Waals surface area (Å²) in [5.74, 6) is -1.13. The minimum atomic E-state index is -0.725. The summed E-state index contributed by atoms with van der Waals surface area (Å²) in [5.41, 5.74) is 6.50. The summed E-state index contributed by atoms with van der Waals surface area (Å²) < 4.78 is 0. The van der Waals surface area contributed by atoms with Crippen molar-refractivity contribution in [1.29, 1.82) is 0 Å². The van der Waals surface area contributed by atoms with E-state index in [4.69, 9.17) is 0 Å². The molecule has 0 fully saturated rings. The van der Waals surface area contributed by atoms with Gasteiger partial charge >= 0.3 is 5.97 Å². The molecule has 1 atom stereocenters. The zero-order valence-corrected chi connectivity index (χ0v) is 11.4. The van der Waals surface area contributed by atoms with E-state index in [-0.39, 0.29) is 0 Å². The summed E-state index contributed by atoms with van der Waals surface area (Å²) >= 11 is 0. The van der Waals surface area contributed by atoms with Crippen LogP contribution in [0, 0.1) is 5.92 Å². The molecule has 19 heavy (non-hydrogen) atoms. The van der Waals surface area contributed by atoms with Crippen LogP contribution in [0.1, 0.15) is 48.4 Å². The van der Waals surface area contributed by atoms with Crippen LogP contribution in [-0.4, -0.2) is 11.1 Å². The van der Waals surface area contributed by atoms with Gasteiger partial charge in [-0.05, 0) is 73.3 Å². The first kappa shape index (κ1) is 12.5. The summed E-state index contributed by atoms with van der Waals surface area (Å²) in [7, 11) is 0. The third-order valence-corrected chi connectivity index (χ3v) is 4.49. The number of hydrogen-bond donors (Lipinski definition) is 1. The molecule has 0 spiro atoms. The molecule has 1 aromatic carbocycles. The molecule has 0 aromatic heterocycles. The van der Waals surface area contributed by atoms with Crippen molar-refractivity contribution < 1.29 is 9.90 Å². The maximum Gasteiger partial charge on any atom is 0.310 e. The summed E-state index contributed by atoms with van der Waals surface area (Å²) in [4.78, 5) is 11.3. The van der Waals surface area contributed by atoms with Crippen LogP contribution in [0.5, 0.6) is 0 Å². The van der Waals surface area contributed by atoms with Crippen LogP contribution in [0.2, 0.25) is 0 Å². The van der Waals surface area contributed by atoms with Crippen molar-refractivity contribution in [3.8, 4) is 0 Å². The smallest absolute Gasteiger partial charge is 0.310 e. The highest BCUT2D eigenvalue weighted by Crippen LogP contribution is 2.35. The van der Waals surface area contributed by atoms with Crippen molar-refractivity contribution in [3.05, 3.63) is 40.5 Å². The zero-order valence-electron chi connectivity index (χ0n) is 11.4. The van der Waals surface area contributed by atoms with Gasteiger partial charge in [-0.25, -0.2) is 0 Å². The predicted octanol–water partition coefficient (Wildman–Crippen LogP) is 3.62. The average Bonchev–Trinajstić information content (AvgIpc) is 2.43. The Labute approximate surface area is 114 Å². The number of carboxylic acids is 1. The van der Waals surface area contributed by atoms with Crippen LogP contribution in [0.15, 0.2) is 18.2 Å². The SMILES string of the molecule is CC(C(=O)O)C1=CCCc2cc3c(cc21)CCCC3. The van der Waals surface area contributed by atoms with Crippen molar-refractivity contribution in [2.45, 2.75) is 45.4 Å². The fraction of sp³-hybridized carbons (Fsp3) is 0.471. The fourth-order valence-corrected chi connectivity index (χ4v) is 3.35. The van der Waals surface area contributed by atoms with Crippen LogP contribution in [0.3, 0.4) is 0 Å².